The summed E-state index contributed by atoms with van der Waals surface area (Å²) in [6.07, 6.45) is -11.2. The zero-order valence-corrected chi connectivity index (χ0v) is 34.2. The van der Waals surface area contributed by atoms with Crippen molar-refractivity contribution in [3.05, 3.63) is 0 Å². The first kappa shape index (κ1) is 46.0. The van der Waals surface area contributed by atoms with E-state index in [1.165, 1.54) is 35.0 Å². The van der Waals surface area contributed by atoms with E-state index in [1.807, 2.05) is 25.9 Å². The Morgan fingerprint density at radius 2 is 1.49 bits per heavy atom. The first-order valence-corrected chi connectivity index (χ1v) is 18.9. The molecule has 3 fully saturated rings. The Morgan fingerprint density at radius 3 is 2.00 bits per heavy atom. The molecule has 0 amide bonds. The lowest BCUT2D eigenvalue weighted by Gasteiger charge is -2.49. The Kier molecular flexibility index (Phi) is 15.5. The van der Waals surface area contributed by atoms with Gasteiger partial charge in [-0.25, -0.2) is 0 Å². The number of aliphatic hydroxyl groups excluding tert-OH is 3. The normalized spacial score (nSPS) is 48.9. The monoisotopic (exact) mass is 763 g/mol. The number of likely N-dealkylation sites (N-methyl/N-ethyl adjacent to an activating group) is 1. The van der Waals surface area contributed by atoms with Gasteiger partial charge in [-0.05, 0) is 75.4 Å². The lowest BCUT2D eigenvalue weighted by atomic mass is 9.73. The van der Waals surface area contributed by atoms with Crippen molar-refractivity contribution in [3.8, 4) is 0 Å². The highest BCUT2D eigenvalue weighted by atomic mass is 16.7. The lowest BCUT2D eigenvalue weighted by molar-refractivity contribution is -0.319. The topological polar surface area (TPSA) is 203 Å². The number of hydrogen-bond donors (Lipinski definition) is 5. The van der Waals surface area contributed by atoms with E-state index in [1.54, 1.807) is 41.5 Å². The number of carbonyl (C=O) groups excluding carboxylic acids is 2. The second kappa shape index (κ2) is 17.9. The molecule has 0 spiro atoms. The molecule has 3 rings (SSSR count). The quantitative estimate of drug-likeness (QED) is 0.222. The number of methoxy groups -OCH3 is 2. The van der Waals surface area contributed by atoms with Gasteiger partial charge in [0.05, 0.1) is 53.7 Å². The number of nitrogens with zero attached hydrogens (tertiary/aromatic N) is 1. The molecule has 3 saturated heterocycles. The average molecular weight is 764 g/mol. The first-order valence-electron chi connectivity index (χ1n) is 18.9. The zero-order valence-electron chi connectivity index (χ0n) is 34.2. The third kappa shape index (κ3) is 9.98. The molecule has 15 nitrogen and oxygen atoms in total. The van der Waals surface area contributed by atoms with Crippen LogP contribution in [0.5, 0.6) is 0 Å². The summed E-state index contributed by atoms with van der Waals surface area (Å²) in [5, 5.41) is 56.8. The summed E-state index contributed by atoms with van der Waals surface area (Å²) in [7, 11) is 6.67. The molecule has 0 aromatic heterocycles. The van der Waals surface area contributed by atoms with Crippen LogP contribution in [-0.4, -0.2) is 161 Å². The predicted octanol–water partition coefficient (Wildman–Crippen LogP) is 1.41. The Morgan fingerprint density at radius 1 is 0.887 bits per heavy atom. The van der Waals surface area contributed by atoms with Gasteiger partial charge in [-0.1, -0.05) is 20.8 Å². The Balaban J connectivity index is 2.24. The van der Waals surface area contributed by atoms with Crippen LogP contribution in [0.15, 0.2) is 0 Å². The van der Waals surface area contributed by atoms with Crippen molar-refractivity contribution in [2.45, 2.75) is 179 Å². The molecule has 3 heterocycles. The van der Waals surface area contributed by atoms with Crippen molar-refractivity contribution in [2.75, 3.05) is 28.3 Å². The van der Waals surface area contributed by atoms with Crippen LogP contribution in [0, 0.1) is 23.7 Å². The molecular formula is C38H69NO14. The van der Waals surface area contributed by atoms with Crippen molar-refractivity contribution in [3.63, 3.8) is 0 Å². The molecule has 2 unspecified atom stereocenters. The standard InChI is InChI=1S/C38H69NO14/c1-18-16-37(9,48-14)31(53-35-28(42)25(39(11)12)15-19(2)49-35)21(4)29(51-26-17-36(8,45)33(47-13)24(7)50-26)22(5)34(44)52-32(23(6)40)38(10,46)30(43)20(3)27(18)41/h18-26,28-33,35,40,42-43,45-46H,15-17H2,1-14H3/t18-,19-,20+,21+,22-,23?,24?,25+,26+,28-,29+,30-,31-,32-,33+,35+,36-,37-,38+/m1/s1. The maximum atomic E-state index is 14.2. The van der Waals surface area contributed by atoms with E-state index in [9.17, 15) is 35.1 Å². The second-order valence-electron chi connectivity index (χ2n) is 16.9. The fourth-order valence-electron chi connectivity index (χ4n) is 8.89. The van der Waals surface area contributed by atoms with Gasteiger partial charge in [0.2, 0.25) is 0 Å². The maximum absolute atomic E-state index is 14.2. The van der Waals surface area contributed by atoms with E-state index in [0.29, 0.717) is 6.42 Å². The van der Waals surface area contributed by atoms with Gasteiger partial charge in [0.1, 0.15) is 23.6 Å². The van der Waals surface area contributed by atoms with Crippen LogP contribution in [-0.2, 0) is 42.7 Å². The van der Waals surface area contributed by atoms with Gasteiger partial charge in [-0.2, -0.15) is 0 Å². The minimum atomic E-state index is -2.25. The average Bonchev–Trinajstić information content (AvgIpc) is 3.06. The number of hydrogen-bond acceptors (Lipinski definition) is 15. The molecule has 53 heavy (non-hydrogen) atoms. The number of cyclic esters (lactones) is 1. The van der Waals surface area contributed by atoms with E-state index in [0.717, 1.165) is 0 Å². The highest BCUT2D eigenvalue weighted by Gasteiger charge is 2.54. The molecule has 0 aliphatic carbocycles. The Bertz CT molecular complexity index is 1220. The van der Waals surface area contributed by atoms with Crippen LogP contribution < -0.4 is 0 Å². The van der Waals surface area contributed by atoms with Crippen molar-refractivity contribution in [1.29, 1.82) is 0 Å². The third-order valence-corrected chi connectivity index (χ3v) is 12.0. The van der Waals surface area contributed by atoms with Crippen LogP contribution in [0.1, 0.15) is 88.5 Å². The van der Waals surface area contributed by atoms with Gasteiger partial charge in [0.25, 0.3) is 0 Å². The van der Waals surface area contributed by atoms with Gasteiger partial charge >= 0.3 is 5.97 Å². The summed E-state index contributed by atoms with van der Waals surface area (Å²) in [5.41, 5.74) is -4.92. The van der Waals surface area contributed by atoms with Gasteiger partial charge in [-0.3, -0.25) is 9.59 Å². The number of aliphatic hydroxyl groups is 5. The number of carbonyl (C=O) groups is 2. The summed E-state index contributed by atoms with van der Waals surface area (Å²) in [4.78, 5) is 30.1. The molecule has 3 aliphatic heterocycles. The largest absolute Gasteiger partial charge is 0.456 e. The lowest BCUT2D eigenvalue weighted by Crippen LogP contribution is -2.62. The van der Waals surface area contributed by atoms with E-state index in [4.69, 9.17) is 33.2 Å². The summed E-state index contributed by atoms with van der Waals surface area (Å²) < 4.78 is 43.4. The minimum absolute atomic E-state index is 0.0268. The maximum Gasteiger partial charge on any atom is 0.311 e. The Hall–Kier alpha value is -1.34. The van der Waals surface area contributed by atoms with E-state index < -0.39 is 114 Å². The fourth-order valence-corrected chi connectivity index (χ4v) is 8.89. The minimum Gasteiger partial charge on any atom is -0.456 e. The molecule has 310 valence electrons. The number of ether oxygens (including phenoxy) is 7. The van der Waals surface area contributed by atoms with Crippen LogP contribution >= 0.6 is 0 Å². The van der Waals surface area contributed by atoms with Crippen molar-refractivity contribution >= 4 is 11.8 Å². The SMILES string of the molecule is CO[C@H]1C(C)O[C@@H](O[C@H]2[C@H](C)[C@@H](O[C@@H]3O[C@H](C)C[C@H](N(C)C)[C@H]3O)[C@](C)(OC)C[C@@H](C)C(=O)[C@H](C)[C@@H](O)[C@](C)(O)[C@@H](C(C)O)OC(=O)[C@@H]2C)C[C@@]1(C)O. The summed E-state index contributed by atoms with van der Waals surface area (Å²) in [6.45, 7) is 16.1. The predicted molar refractivity (Wildman–Crippen MR) is 192 cm³/mol. The highest BCUT2D eigenvalue weighted by molar-refractivity contribution is 5.83. The summed E-state index contributed by atoms with van der Waals surface area (Å²) in [5.74, 6) is -5.13. The van der Waals surface area contributed by atoms with Gasteiger partial charge in [-0.15, -0.1) is 0 Å². The number of esters is 1. The van der Waals surface area contributed by atoms with Gasteiger partial charge in [0.15, 0.2) is 18.7 Å². The van der Waals surface area contributed by atoms with E-state index in [2.05, 4.69) is 0 Å². The molecule has 3 aliphatic rings. The molecular weight excluding hydrogens is 694 g/mol. The van der Waals surface area contributed by atoms with Crippen LogP contribution in [0.25, 0.3) is 0 Å². The molecule has 0 bridgehead atoms. The van der Waals surface area contributed by atoms with Crippen LogP contribution in [0.2, 0.25) is 0 Å². The van der Waals surface area contributed by atoms with Crippen molar-refractivity contribution in [1.82, 2.24) is 4.90 Å². The first-order chi connectivity index (χ1) is 24.3. The number of ketones is 1. The number of rotatable bonds is 8. The molecule has 0 radical (unpaired) electrons. The van der Waals surface area contributed by atoms with Crippen molar-refractivity contribution < 1.29 is 68.3 Å². The highest BCUT2D eigenvalue weighted by Crippen LogP contribution is 2.41. The number of Topliss-reactive ketones (excluding diaryl/α,β-unsaturated/α-hetero) is 1. The summed E-state index contributed by atoms with van der Waals surface area (Å²) in [6, 6.07) is -0.312. The zero-order chi connectivity index (χ0) is 40.5. The van der Waals surface area contributed by atoms with Gasteiger partial charge < -0.3 is 63.6 Å². The summed E-state index contributed by atoms with van der Waals surface area (Å²) >= 11 is 0. The van der Waals surface area contributed by atoms with E-state index >= 15 is 0 Å². The molecule has 15 heteroatoms. The second-order valence-corrected chi connectivity index (χ2v) is 16.9. The smallest absolute Gasteiger partial charge is 0.311 e. The van der Waals surface area contributed by atoms with Crippen LogP contribution in [0.3, 0.4) is 0 Å². The Labute approximate surface area is 315 Å². The molecule has 0 aromatic rings. The van der Waals surface area contributed by atoms with Gasteiger partial charge in [0, 0.05) is 44.4 Å². The molecule has 0 aromatic carbocycles. The fraction of sp³-hybridized carbons (Fsp3) is 0.947. The van der Waals surface area contributed by atoms with Crippen molar-refractivity contribution in [2.24, 2.45) is 23.7 Å². The molecule has 5 N–H and O–H groups in total. The molecule has 19 atom stereocenters. The van der Waals surface area contributed by atoms with Crippen LogP contribution in [0.4, 0.5) is 0 Å². The molecule has 0 saturated carbocycles. The third-order valence-electron chi connectivity index (χ3n) is 12.0. The van der Waals surface area contributed by atoms with E-state index in [-0.39, 0.29) is 25.0 Å².